The second-order valence-electron chi connectivity index (χ2n) is 5.91. The monoisotopic (exact) mass is 312 g/mol. The molecule has 0 aromatic carbocycles. The minimum Gasteiger partial charge on any atom is -0.348 e. The number of rotatable bonds is 6. The lowest BCUT2D eigenvalue weighted by molar-refractivity contribution is -0.384. The van der Waals surface area contributed by atoms with Gasteiger partial charge in [0.1, 0.15) is 6.33 Å². The van der Waals surface area contributed by atoms with E-state index in [9.17, 15) is 10.1 Å². The highest BCUT2D eigenvalue weighted by Gasteiger charge is 2.31. The van der Waals surface area contributed by atoms with E-state index in [2.05, 4.69) is 28.7 Å². The molecule has 0 aliphatic heterocycles. The van der Waals surface area contributed by atoms with Crippen LogP contribution in [0.25, 0.3) is 0 Å². The molecule has 0 spiro atoms. The van der Waals surface area contributed by atoms with E-state index in [1.807, 2.05) is 0 Å². The van der Waals surface area contributed by atoms with Crippen molar-refractivity contribution in [1.82, 2.24) is 9.97 Å². The van der Waals surface area contributed by atoms with Gasteiger partial charge in [-0.15, -0.1) is 0 Å². The number of anilines is 1. The van der Waals surface area contributed by atoms with Crippen molar-refractivity contribution in [2.45, 2.75) is 52.0 Å². The van der Waals surface area contributed by atoms with Crippen LogP contribution in [0.1, 0.15) is 46.0 Å². The summed E-state index contributed by atoms with van der Waals surface area (Å²) in [7, 11) is 0. The number of nitrogens with zero attached hydrogens (tertiary/aromatic N) is 4. The molecule has 0 unspecified atom stereocenters. The molecule has 2 rings (SSSR count). The average Bonchev–Trinajstić information content (AvgIpc) is 2.92. The Labute approximate surface area is 129 Å². The summed E-state index contributed by atoms with van der Waals surface area (Å²) in [6.45, 7) is 5.05. The first-order valence-corrected chi connectivity index (χ1v) is 7.80. The van der Waals surface area contributed by atoms with E-state index >= 15 is 0 Å². The van der Waals surface area contributed by atoms with E-state index in [-0.39, 0.29) is 10.8 Å². The van der Waals surface area contributed by atoms with Crippen LogP contribution in [0.2, 0.25) is 5.15 Å². The molecule has 1 fully saturated rings. The predicted molar refractivity (Wildman–Crippen MR) is 82.8 cm³/mol. The van der Waals surface area contributed by atoms with E-state index in [0.717, 1.165) is 38.6 Å². The largest absolute Gasteiger partial charge is 0.348 e. The van der Waals surface area contributed by atoms with Crippen molar-refractivity contribution in [1.29, 1.82) is 0 Å². The van der Waals surface area contributed by atoms with Crippen LogP contribution in [-0.4, -0.2) is 27.5 Å². The number of nitro groups is 1. The normalized spacial score (nSPS) is 15.6. The van der Waals surface area contributed by atoms with Crippen molar-refractivity contribution < 1.29 is 4.92 Å². The molecular weight excluding hydrogens is 292 g/mol. The zero-order chi connectivity index (χ0) is 15.4. The van der Waals surface area contributed by atoms with Gasteiger partial charge in [-0.1, -0.05) is 38.3 Å². The summed E-state index contributed by atoms with van der Waals surface area (Å²) in [5.41, 5.74) is -0.171. The molecule has 0 atom stereocenters. The molecule has 0 N–H and O–H groups in total. The molecule has 1 aliphatic rings. The third kappa shape index (κ3) is 3.81. The van der Waals surface area contributed by atoms with Gasteiger partial charge in [-0.05, 0) is 25.2 Å². The molecule has 6 nitrogen and oxygen atoms in total. The highest BCUT2D eigenvalue weighted by molar-refractivity contribution is 6.31. The first kappa shape index (κ1) is 15.9. The Morgan fingerprint density at radius 1 is 1.43 bits per heavy atom. The van der Waals surface area contributed by atoms with Crippen LogP contribution in [0.3, 0.4) is 0 Å². The zero-order valence-electron chi connectivity index (χ0n) is 12.5. The SMILES string of the molecule is CC(C)CCN(c1ncnc(Cl)c1[N+](=O)[O-])C1CCCC1. The Balaban J connectivity index is 2.35. The first-order chi connectivity index (χ1) is 10.0. The van der Waals surface area contributed by atoms with Gasteiger partial charge in [0.2, 0.25) is 11.0 Å². The molecular formula is C14H21ClN4O2. The Morgan fingerprint density at radius 2 is 2.10 bits per heavy atom. The van der Waals surface area contributed by atoms with Crippen molar-refractivity contribution in [3.8, 4) is 0 Å². The highest BCUT2D eigenvalue weighted by atomic mass is 35.5. The lowest BCUT2D eigenvalue weighted by Crippen LogP contribution is -2.36. The average molecular weight is 313 g/mol. The van der Waals surface area contributed by atoms with Gasteiger partial charge in [0.05, 0.1) is 4.92 Å². The van der Waals surface area contributed by atoms with Gasteiger partial charge >= 0.3 is 5.69 Å². The van der Waals surface area contributed by atoms with Crippen LogP contribution in [-0.2, 0) is 0 Å². The first-order valence-electron chi connectivity index (χ1n) is 7.42. The van der Waals surface area contributed by atoms with Crippen LogP contribution in [0.15, 0.2) is 6.33 Å². The third-order valence-electron chi connectivity index (χ3n) is 3.93. The minimum atomic E-state index is -0.477. The van der Waals surface area contributed by atoms with Crippen molar-refractivity contribution in [3.05, 3.63) is 21.6 Å². The standard InChI is InChI=1S/C14H21ClN4O2/c1-10(2)7-8-18(11-5-3-4-6-11)14-12(19(20)21)13(15)16-9-17-14/h9-11H,3-8H2,1-2H3. The fourth-order valence-electron chi connectivity index (χ4n) is 2.79. The van der Waals surface area contributed by atoms with E-state index in [1.165, 1.54) is 6.33 Å². The lowest BCUT2D eigenvalue weighted by atomic mass is 10.1. The van der Waals surface area contributed by atoms with Gasteiger partial charge in [-0.25, -0.2) is 9.97 Å². The number of halogens is 1. The van der Waals surface area contributed by atoms with Crippen LogP contribution in [0.5, 0.6) is 0 Å². The van der Waals surface area contributed by atoms with E-state index in [0.29, 0.717) is 17.8 Å². The number of hydrogen-bond acceptors (Lipinski definition) is 5. The van der Waals surface area contributed by atoms with Crippen LogP contribution in [0.4, 0.5) is 11.5 Å². The second-order valence-corrected chi connectivity index (χ2v) is 6.27. The lowest BCUT2D eigenvalue weighted by Gasteiger charge is -2.30. The van der Waals surface area contributed by atoms with Gasteiger partial charge < -0.3 is 4.90 Å². The van der Waals surface area contributed by atoms with Crippen molar-refractivity contribution in [2.75, 3.05) is 11.4 Å². The molecule has 1 heterocycles. The van der Waals surface area contributed by atoms with Gasteiger partial charge in [0.15, 0.2) is 0 Å². The summed E-state index contributed by atoms with van der Waals surface area (Å²) in [5, 5.41) is 11.2. The third-order valence-corrected chi connectivity index (χ3v) is 4.20. The predicted octanol–water partition coefficient (Wildman–Crippen LogP) is 3.83. The van der Waals surface area contributed by atoms with Crippen LogP contribution >= 0.6 is 11.6 Å². The summed E-state index contributed by atoms with van der Waals surface area (Å²) in [6.07, 6.45) is 6.70. The zero-order valence-corrected chi connectivity index (χ0v) is 13.2. The summed E-state index contributed by atoms with van der Waals surface area (Å²) < 4.78 is 0. The van der Waals surface area contributed by atoms with E-state index in [4.69, 9.17) is 11.6 Å². The fraction of sp³-hybridized carbons (Fsp3) is 0.714. The Bertz CT molecular complexity index is 504. The van der Waals surface area contributed by atoms with Gasteiger partial charge in [0, 0.05) is 12.6 Å². The molecule has 1 aliphatic carbocycles. The topological polar surface area (TPSA) is 72.2 Å². The highest BCUT2D eigenvalue weighted by Crippen LogP contribution is 2.36. The van der Waals surface area contributed by atoms with Gasteiger partial charge in [0.25, 0.3) is 0 Å². The maximum atomic E-state index is 11.3. The molecule has 1 aromatic heterocycles. The van der Waals surface area contributed by atoms with Crippen molar-refractivity contribution in [3.63, 3.8) is 0 Å². The summed E-state index contributed by atoms with van der Waals surface area (Å²) in [6, 6.07) is 0.313. The summed E-state index contributed by atoms with van der Waals surface area (Å²) in [5.74, 6) is 0.901. The van der Waals surface area contributed by atoms with Gasteiger partial charge in [-0.2, -0.15) is 0 Å². The van der Waals surface area contributed by atoms with E-state index in [1.54, 1.807) is 0 Å². The smallest absolute Gasteiger partial charge is 0.348 e. The molecule has 1 saturated carbocycles. The number of hydrogen-bond donors (Lipinski definition) is 0. The molecule has 116 valence electrons. The van der Waals surface area contributed by atoms with Crippen LogP contribution in [0, 0.1) is 16.0 Å². The molecule has 0 radical (unpaired) electrons. The maximum absolute atomic E-state index is 11.3. The quantitative estimate of drug-likeness (QED) is 0.453. The molecule has 1 aromatic rings. The van der Waals surface area contributed by atoms with E-state index < -0.39 is 4.92 Å². The molecule has 0 saturated heterocycles. The molecule has 21 heavy (non-hydrogen) atoms. The Hall–Kier alpha value is -1.43. The van der Waals surface area contributed by atoms with Crippen LogP contribution < -0.4 is 4.90 Å². The maximum Gasteiger partial charge on any atom is 0.348 e. The summed E-state index contributed by atoms with van der Waals surface area (Å²) >= 11 is 5.92. The second kappa shape index (κ2) is 7.02. The molecule has 0 amide bonds. The number of aromatic nitrogens is 2. The van der Waals surface area contributed by atoms with Gasteiger partial charge in [-0.3, -0.25) is 10.1 Å². The van der Waals surface area contributed by atoms with Crippen molar-refractivity contribution in [2.24, 2.45) is 5.92 Å². The van der Waals surface area contributed by atoms with Crippen molar-refractivity contribution >= 4 is 23.1 Å². The fourth-order valence-corrected chi connectivity index (χ4v) is 2.99. The summed E-state index contributed by atoms with van der Waals surface area (Å²) in [4.78, 5) is 20.8. The molecule has 7 heteroatoms. The Morgan fingerprint density at radius 3 is 2.67 bits per heavy atom. The molecule has 0 bridgehead atoms. The Kier molecular flexibility index (Phi) is 5.33. The minimum absolute atomic E-state index is 0.0856.